The van der Waals surface area contributed by atoms with Crippen LogP contribution >= 0.6 is 12.4 Å². The quantitative estimate of drug-likeness (QED) is 0.665. The van der Waals surface area contributed by atoms with E-state index in [1.807, 2.05) is 36.5 Å². The Morgan fingerprint density at radius 2 is 1.86 bits per heavy atom. The molecule has 1 aromatic carbocycles. The molecule has 9 heteroatoms. The largest absolute Gasteiger partial charge is 0.346 e. The van der Waals surface area contributed by atoms with Crippen molar-refractivity contribution in [2.75, 3.05) is 0 Å². The van der Waals surface area contributed by atoms with Crippen molar-refractivity contribution in [3.8, 4) is 11.3 Å². The number of aromatic amines is 1. The number of halogens is 1. The van der Waals surface area contributed by atoms with Crippen LogP contribution in [0.1, 0.15) is 5.56 Å². The fourth-order valence-electron chi connectivity index (χ4n) is 2.07. The maximum Gasteiger partial charge on any atom is 0.274 e. The Hall–Kier alpha value is -2.00. The van der Waals surface area contributed by atoms with E-state index in [9.17, 15) is 8.42 Å². The Kier molecular flexibility index (Phi) is 4.77. The number of aromatic nitrogens is 3. The van der Waals surface area contributed by atoms with Gasteiger partial charge in [-0.15, -0.1) is 12.4 Å². The Bertz CT molecular complexity index is 877. The predicted octanol–water partition coefficient (Wildman–Crippen LogP) is 1.34. The number of rotatable bonds is 4. The van der Waals surface area contributed by atoms with Gasteiger partial charge in [0.15, 0.2) is 0 Å². The van der Waals surface area contributed by atoms with Crippen molar-refractivity contribution in [2.45, 2.75) is 6.54 Å². The molecule has 0 spiro atoms. The van der Waals surface area contributed by atoms with Crippen molar-refractivity contribution < 1.29 is 8.42 Å². The van der Waals surface area contributed by atoms with Crippen LogP contribution in [0.4, 0.5) is 0 Å². The van der Waals surface area contributed by atoms with Gasteiger partial charge in [0, 0.05) is 23.7 Å². The van der Waals surface area contributed by atoms with Crippen LogP contribution < -0.4 is 9.86 Å². The summed E-state index contributed by atoms with van der Waals surface area (Å²) in [6, 6.07) is 9.34. The van der Waals surface area contributed by atoms with E-state index in [4.69, 9.17) is 5.14 Å². The fourth-order valence-corrected chi connectivity index (χ4v) is 2.43. The van der Waals surface area contributed by atoms with Gasteiger partial charge >= 0.3 is 0 Å². The molecule has 2 aromatic heterocycles. The average Bonchev–Trinajstić information content (AvgIpc) is 2.93. The summed E-state index contributed by atoms with van der Waals surface area (Å²) in [4.78, 5) is 11.5. The van der Waals surface area contributed by atoms with Gasteiger partial charge in [0.2, 0.25) is 0 Å². The standard InChI is InChI=1S/C13H13N5O2S.ClH/c14-21(19,20)18-7-9-1-3-10(4-2-9)12-11-5-6-15-13(11)17-8-16-12;/h1-6,8,18H,7H2,(H2,14,19,20)(H,15,16,17);1H. The van der Waals surface area contributed by atoms with Crippen LogP contribution in [0.3, 0.4) is 0 Å². The van der Waals surface area contributed by atoms with Gasteiger partial charge < -0.3 is 4.98 Å². The first-order chi connectivity index (χ1) is 10.0. The predicted molar refractivity (Wildman–Crippen MR) is 86.5 cm³/mol. The summed E-state index contributed by atoms with van der Waals surface area (Å²) in [5.41, 5.74) is 3.35. The van der Waals surface area contributed by atoms with Gasteiger partial charge in [-0.25, -0.2) is 15.1 Å². The molecule has 0 amide bonds. The third-order valence-corrected chi connectivity index (χ3v) is 3.61. The number of benzene rings is 1. The minimum Gasteiger partial charge on any atom is -0.346 e. The van der Waals surface area contributed by atoms with Crippen LogP contribution in [0.5, 0.6) is 0 Å². The van der Waals surface area contributed by atoms with E-state index in [1.165, 1.54) is 6.33 Å². The van der Waals surface area contributed by atoms with E-state index in [1.54, 1.807) is 0 Å². The lowest BCUT2D eigenvalue weighted by Gasteiger charge is -2.05. The minimum atomic E-state index is -3.68. The second kappa shape index (κ2) is 6.41. The third kappa shape index (κ3) is 3.60. The van der Waals surface area contributed by atoms with E-state index >= 15 is 0 Å². The monoisotopic (exact) mass is 339 g/mol. The van der Waals surface area contributed by atoms with Gasteiger partial charge in [-0.2, -0.15) is 13.1 Å². The number of H-pyrrole nitrogens is 1. The van der Waals surface area contributed by atoms with E-state index in [0.29, 0.717) is 0 Å². The molecular formula is C13H14ClN5O2S. The van der Waals surface area contributed by atoms with E-state index in [2.05, 4.69) is 19.7 Å². The molecule has 0 radical (unpaired) electrons. The fraction of sp³-hybridized carbons (Fsp3) is 0.0769. The molecule has 0 fully saturated rings. The molecule has 3 aromatic rings. The van der Waals surface area contributed by atoms with Crippen LogP contribution in [0.2, 0.25) is 0 Å². The first kappa shape index (κ1) is 16.4. The SMILES string of the molecule is Cl.NS(=O)(=O)NCc1ccc(-c2ncnc3[nH]ccc23)cc1. The molecule has 4 N–H and O–H groups in total. The van der Waals surface area contributed by atoms with Crippen molar-refractivity contribution in [2.24, 2.45) is 5.14 Å². The number of fused-ring (bicyclic) bond motifs is 1. The maximum absolute atomic E-state index is 10.9. The Morgan fingerprint density at radius 1 is 1.14 bits per heavy atom. The summed E-state index contributed by atoms with van der Waals surface area (Å²) >= 11 is 0. The van der Waals surface area contributed by atoms with Gasteiger partial charge in [-0.3, -0.25) is 0 Å². The summed E-state index contributed by atoms with van der Waals surface area (Å²) in [5.74, 6) is 0. The molecule has 22 heavy (non-hydrogen) atoms. The second-order valence-electron chi connectivity index (χ2n) is 4.53. The lowest BCUT2D eigenvalue weighted by Crippen LogP contribution is -2.30. The van der Waals surface area contributed by atoms with E-state index in [0.717, 1.165) is 27.9 Å². The zero-order valence-electron chi connectivity index (χ0n) is 11.4. The summed E-state index contributed by atoms with van der Waals surface area (Å²) in [5, 5.41) is 5.83. The van der Waals surface area contributed by atoms with Crippen LogP contribution in [0.25, 0.3) is 22.3 Å². The highest BCUT2D eigenvalue weighted by Gasteiger charge is 2.07. The number of nitrogens with one attached hydrogen (secondary N) is 2. The zero-order valence-corrected chi connectivity index (χ0v) is 13.0. The summed E-state index contributed by atoms with van der Waals surface area (Å²) < 4.78 is 24.0. The van der Waals surface area contributed by atoms with Gasteiger partial charge in [0.1, 0.15) is 12.0 Å². The van der Waals surface area contributed by atoms with E-state index in [-0.39, 0.29) is 19.0 Å². The first-order valence-corrected chi connectivity index (χ1v) is 7.72. The minimum absolute atomic E-state index is 0. The normalized spacial score (nSPS) is 11.3. The average molecular weight is 340 g/mol. The van der Waals surface area contributed by atoms with Crippen molar-refractivity contribution in [3.05, 3.63) is 48.4 Å². The Labute approximate surface area is 133 Å². The molecule has 0 aliphatic carbocycles. The summed E-state index contributed by atoms with van der Waals surface area (Å²) in [7, 11) is -3.68. The summed E-state index contributed by atoms with van der Waals surface area (Å²) in [6.07, 6.45) is 3.32. The van der Waals surface area contributed by atoms with Crippen LogP contribution in [0.15, 0.2) is 42.9 Å². The van der Waals surface area contributed by atoms with Gasteiger partial charge in [0.05, 0.1) is 5.69 Å². The molecule has 116 valence electrons. The first-order valence-electron chi connectivity index (χ1n) is 6.18. The lowest BCUT2D eigenvalue weighted by molar-refractivity contribution is 0.583. The summed E-state index contributed by atoms with van der Waals surface area (Å²) in [6.45, 7) is 0.155. The van der Waals surface area contributed by atoms with Crippen molar-refractivity contribution >= 4 is 33.6 Å². The molecule has 0 aliphatic rings. The molecule has 0 unspecified atom stereocenters. The van der Waals surface area contributed by atoms with Crippen LogP contribution in [0, 0.1) is 0 Å². The highest BCUT2D eigenvalue weighted by Crippen LogP contribution is 2.24. The van der Waals surface area contributed by atoms with Crippen LogP contribution in [-0.2, 0) is 16.8 Å². The topological polar surface area (TPSA) is 114 Å². The van der Waals surface area contributed by atoms with Crippen molar-refractivity contribution in [1.29, 1.82) is 0 Å². The number of hydrogen-bond donors (Lipinski definition) is 3. The molecule has 2 heterocycles. The lowest BCUT2D eigenvalue weighted by atomic mass is 10.1. The van der Waals surface area contributed by atoms with Gasteiger partial charge in [-0.05, 0) is 11.6 Å². The zero-order chi connectivity index (χ0) is 14.9. The number of hydrogen-bond acceptors (Lipinski definition) is 4. The molecule has 0 bridgehead atoms. The van der Waals surface area contributed by atoms with Gasteiger partial charge in [-0.1, -0.05) is 24.3 Å². The van der Waals surface area contributed by atoms with Crippen LogP contribution in [-0.4, -0.2) is 23.4 Å². The number of nitrogens with two attached hydrogens (primary N) is 1. The molecule has 0 atom stereocenters. The van der Waals surface area contributed by atoms with Crippen molar-refractivity contribution in [1.82, 2.24) is 19.7 Å². The molecule has 0 saturated carbocycles. The molecular weight excluding hydrogens is 326 g/mol. The molecule has 0 saturated heterocycles. The van der Waals surface area contributed by atoms with Gasteiger partial charge in [0.25, 0.3) is 10.2 Å². The third-order valence-electron chi connectivity index (χ3n) is 3.06. The maximum atomic E-state index is 10.9. The molecule has 7 nitrogen and oxygen atoms in total. The highest BCUT2D eigenvalue weighted by atomic mass is 35.5. The highest BCUT2D eigenvalue weighted by molar-refractivity contribution is 7.87. The second-order valence-corrected chi connectivity index (χ2v) is 5.90. The molecule has 0 aliphatic heterocycles. The smallest absolute Gasteiger partial charge is 0.274 e. The number of nitrogens with zero attached hydrogens (tertiary/aromatic N) is 2. The van der Waals surface area contributed by atoms with E-state index < -0.39 is 10.2 Å². The molecule has 3 rings (SSSR count). The Balaban J connectivity index is 0.00000176. The van der Waals surface area contributed by atoms with Crippen molar-refractivity contribution in [3.63, 3.8) is 0 Å². The Morgan fingerprint density at radius 3 is 2.55 bits per heavy atom.